The van der Waals surface area contributed by atoms with Crippen molar-refractivity contribution >= 4 is 17.7 Å². The summed E-state index contributed by atoms with van der Waals surface area (Å²) in [7, 11) is 0. The molecule has 3 fully saturated rings. The Hall–Kier alpha value is -2.11. The first-order valence-corrected chi connectivity index (χ1v) is 13.5. The van der Waals surface area contributed by atoms with Crippen molar-refractivity contribution in [3.63, 3.8) is 0 Å². The Bertz CT molecular complexity index is 962. The van der Waals surface area contributed by atoms with E-state index >= 15 is 0 Å². The summed E-state index contributed by atoms with van der Waals surface area (Å²) in [5, 5.41) is 90.0. The highest BCUT2D eigenvalue weighted by atomic mass is 16.7. The molecule has 11 N–H and O–H groups in total. The van der Waals surface area contributed by atoms with E-state index in [4.69, 9.17) is 23.7 Å². The Labute approximate surface area is 245 Å². The highest BCUT2D eigenvalue weighted by Gasteiger charge is 2.54. The molecule has 0 spiro atoms. The van der Waals surface area contributed by atoms with E-state index in [-0.39, 0.29) is 0 Å². The van der Waals surface area contributed by atoms with Crippen LogP contribution in [0.1, 0.15) is 20.8 Å². The summed E-state index contributed by atoms with van der Waals surface area (Å²) in [5.74, 6) is -1.96. The van der Waals surface area contributed by atoms with Gasteiger partial charge in [-0.1, -0.05) is 0 Å². The van der Waals surface area contributed by atoms with Crippen LogP contribution in [-0.2, 0) is 38.1 Å². The molecule has 43 heavy (non-hydrogen) atoms. The predicted molar refractivity (Wildman–Crippen MR) is 136 cm³/mol. The molecular weight excluding hydrogens is 586 g/mol. The van der Waals surface area contributed by atoms with E-state index in [0.717, 1.165) is 20.8 Å². The summed E-state index contributed by atoms with van der Waals surface area (Å²) < 4.78 is 28.3. The number of aliphatic hydroxyl groups is 8. The van der Waals surface area contributed by atoms with Gasteiger partial charge < -0.3 is 80.5 Å². The highest BCUT2D eigenvalue weighted by Crippen LogP contribution is 2.32. The lowest BCUT2D eigenvalue weighted by Crippen LogP contribution is -2.71. The third kappa shape index (κ3) is 8.14. The zero-order valence-corrected chi connectivity index (χ0v) is 23.6. The Kier molecular flexibility index (Phi) is 12.5. The minimum Gasteiger partial charge on any atom is -0.394 e. The van der Waals surface area contributed by atoms with Crippen LogP contribution in [0.3, 0.4) is 0 Å². The van der Waals surface area contributed by atoms with Gasteiger partial charge in [-0.3, -0.25) is 14.4 Å². The van der Waals surface area contributed by atoms with Gasteiger partial charge in [0.25, 0.3) is 0 Å². The number of aliphatic hydroxyl groups excluding tert-OH is 8. The van der Waals surface area contributed by atoms with Crippen molar-refractivity contribution in [2.75, 3.05) is 19.8 Å². The molecule has 19 nitrogen and oxygen atoms in total. The minimum atomic E-state index is -1.77. The smallest absolute Gasteiger partial charge is 0.217 e. The number of carbonyl (C=O) groups excluding carboxylic acids is 3. The number of hydrogen-bond acceptors (Lipinski definition) is 16. The van der Waals surface area contributed by atoms with E-state index in [9.17, 15) is 55.2 Å². The van der Waals surface area contributed by atoms with Gasteiger partial charge in [-0.2, -0.15) is 0 Å². The van der Waals surface area contributed by atoms with Gasteiger partial charge in [0.15, 0.2) is 18.9 Å². The lowest BCUT2D eigenvalue weighted by molar-refractivity contribution is -0.351. The average Bonchev–Trinajstić information content (AvgIpc) is 2.94. The SMILES string of the molecule is CC(=O)N[C@@H]1[C@H](O[C@@H]2[C@@H](O)[C@H](NC(C)=O)[C@H](O)O[C@@H]2CO)O[C@H](CO)[C@H](O[C@@H]2O[C@H](CO)[C@H](O)[C@H](O)[C@@H]2NC(C)=O)[C@@H]1O. The van der Waals surface area contributed by atoms with Crippen LogP contribution in [0.25, 0.3) is 0 Å². The fraction of sp³-hybridized carbons (Fsp3) is 0.875. The van der Waals surface area contributed by atoms with E-state index in [1.54, 1.807) is 0 Å². The van der Waals surface area contributed by atoms with Crippen LogP contribution in [-0.4, -0.2) is 170 Å². The Morgan fingerprint density at radius 3 is 1.37 bits per heavy atom. The average molecular weight is 628 g/mol. The van der Waals surface area contributed by atoms with Crippen molar-refractivity contribution in [3.05, 3.63) is 0 Å². The number of nitrogens with one attached hydrogen (secondary N) is 3. The summed E-state index contributed by atoms with van der Waals surface area (Å²) in [6.07, 6.45) is -19.0. The quantitative estimate of drug-likeness (QED) is 0.107. The molecule has 0 aliphatic carbocycles. The fourth-order valence-electron chi connectivity index (χ4n) is 5.28. The van der Waals surface area contributed by atoms with E-state index in [1.165, 1.54) is 0 Å². The first-order valence-electron chi connectivity index (χ1n) is 13.5. The zero-order chi connectivity index (χ0) is 32.2. The van der Waals surface area contributed by atoms with E-state index in [2.05, 4.69) is 16.0 Å². The summed E-state index contributed by atoms with van der Waals surface area (Å²) in [5.41, 5.74) is 0. The largest absolute Gasteiger partial charge is 0.394 e. The molecule has 3 aliphatic rings. The molecule has 15 atom stereocenters. The van der Waals surface area contributed by atoms with Crippen LogP contribution >= 0.6 is 0 Å². The zero-order valence-electron chi connectivity index (χ0n) is 23.6. The molecule has 19 heteroatoms. The standard InChI is InChI=1S/C24H41N3O16/c1-7(31)25-13-18(36)20(11(5-29)39-22(13)38)42-24-15(27-9(3)33)19(37)21(12(6-30)41-24)43-23-14(26-8(2)32)17(35)16(34)10(4-28)40-23/h10-24,28-30,34-38H,4-6H2,1-3H3,(H,25,31)(H,26,32)(H,27,33)/t10-,11-,12-,13+,14+,15+,16+,17-,18+,19-,20+,21+,22-,23+,24+/m1/s1. The van der Waals surface area contributed by atoms with Crippen molar-refractivity contribution in [2.24, 2.45) is 0 Å². The van der Waals surface area contributed by atoms with Crippen LogP contribution in [0.4, 0.5) is 0 Å². The maximum Gasteiger partial charge on any atom is 0.217 e. The second-order valence-corrected chi connectivity index (χ2v) is 10.5. The van der Waals surface area contributed by atoms with Gasteiger partial charge in [-0.15, -0.1) is 0 Å². The summed E-state index contributed by atoms with van der Waals surface area (Å²) in [6.45, 7) is 0.995. The van der Waals surface area contributed by atoms with Gasteiger partial charge in [0.1, 0.15) is 73.1 Å². The summed E-state index contributed by atoms with van der Waals surface area (Å²) >= 11 is 0. The van der Waals surface area contributed by atoms with Crippen molar-refractivity contribution in [2.45, 2.75) is 113 Å². The highest BCUT2D eigenvalue weighted by molar-refractivity contribution is 5.74. The fourth-order valence-corrected chi connectivity index (χ4v) is 5.28. The van der Waals surface area contributed by atoms with Crippen LogP contribution in [0, 0.1) is 0 Å². The lowest BCUT2D eigenvalue weighted by atomic mass is 9.93. The molecule has 0 unspecified atom stereocenters. The molecule has 3 amide bonds. The van der Waals surface area contributed by atoms with Gasteiger partial charge in [0.2, 0.25) is 17.7 Å². The van der Waals surface area contributed by atoms with E-state index < -0.39 is 129 Å². The second-order valence-electron chi connectivity index (χ2n) is 10.5. The molecule has 3 rings (SSSR count). The van der Waals surface area contributed by atoms with Crippen LogP contribution < -0.4 is 16.0 Å². The van der Waals surface area contributed by atoms with E-state index in [0.29, 0.717) is 0 Å². The normalized spacial score (nSPS) is 43.5. The molecule has 0 aromatic rings. The molecule has 0 saturated carbocycles. The van der Waals surface area contributed by atoms with Crippen LogP contribution in [0.5, 0.6) is 0 Å². The molecule has 3 saturated heterocycles. The van der Waals surface area contributed by atoms with Gasteiger partial charge in [-0.25, -0.2) is 0 Å². The van der Waals surface area contributed by atoms with Crippen molar-refractivity contribution < 1.29 is 78.9 Å². The van der Waals surface area contributed by atoms with Crippen LogP contribution in [0.15, 0.2) is 0 Å². The predicted octanol–water partition coefficient (Wildman–Crippen LogP) is -7.14. The summed E-state index contributed by atoms with van der Waals surface area (Å²) in [6, 6.07) is -4.31. The molecule has 0 bridgehead atoms. The van der Waals surface area contributed by atoms with Gasteiger partial charge in [0, 0.05) is 20.8 Å². The molecule has 0 aromatic carbocycles. The maximum absolute atomic E-state index is 12.1. The number of rotatable bonds is 10. The van der Waals surface area contributed by atoms with Crippen LogP contribution in [0.2, 0.25) is 0 Å². The molecule has 0 aromatic heterocycles. The van der Waals surface area contributed by atoms with Crippen molar-refractivity contribution in [1.29, 1.82) is 0 Å². The number of amides is 3. The third-order valence-electron chi connectivity index (χ3n) is 7.30. The monoisotopic (exact) mass is 627 g/mol. The topological polar surface area (TPSA) is 295 Å². The first kappa shape index (κ1) is 35.4. The summed E-state index contributed by atoms with van der Waals surface area (Å²) in [4.78, 5) is 35.5. The molecule has 0 radical (unpaired) electrons. The van der Waals surface area contributed by atoms with Crippen molar-refractivity contribution in [1.82, 2.24) is 16.0 Å². The van der Waals surface area contributed by atoms with Gasteiger partial charge in [-0.05, 0) is 0 Å². The second kappa shape index (κ2) is 15.3. The van der Waals surface area contributed by atoms with Crippen molar-refractivity contribution in [3.8, 4) is 0 Å². The molecule has 248 valence electrons. The number of ether oxygens (including phenoxy) is 5. The Morgan fingerprint density at radius 1 is 0.558 bits per heavy atom. The lowest BCUT2D eigenvalue weighted by Gasteiger charge is -2.49. The minimum absolute atomic E-state index is 0.628. The third-order valence-corrected chi connectivity index (χ3v) is 7.30. The maximum atomic E-state index is 12.1. The molecular formula is C24H41N3O16. The number of hydrogen-bond donors (Lipinski definition) is 11. The van der Waals surface area contributed by atoms with Gasteiger partial charge >= 0.3 is 0 Å². The van der Waals surface area contributed by atoms with Gasteiger partial charge in [0.05, 0.1) is 19.8 Å². The Morgan fingerprint density at radius 2 is 0.930 bits per heavy atom. The molecule has 3 heterocycles. The Balaban J connectivity index is 1.89. The molecule has 3 aliphatic heterocycles. The first-order chi connectivity index (χ1) is 20.2. The van der Waals surface area contributed by atoms with E-state index in [1.807, 2.05) is 0 Å². The number of carbonyl (C=O) groups is 3.